The Morgan fingerprint density at radius 1 is 0.756 bits per heavy atom. The molecule has 0 bridgehead atoms. The van der Waals surface area contributed by atoms with E-state index in [2.05, 4.69) is 47.1 Å². The second-order valence-electron chi connectivity index (χ2n) is 13.0. The second-order valence-corrected chi connectivity index (χ2v) is 14.7. The smallest absolute Gasteiger partial charge is 0.407 e. The lowest BCUT2D eigenvalue weighted by Gasteiger charge is -2.24. The van der Waals surface area contributed by atoms with Crippen LogP contribution in [0.25, 0.3) is 0 Å². The van der Waals surface area contributed by atoms with Crippen molar-refractivity contribution in [3.63, 3.8) is 0 Å². The number of benzene rings is 2. The lowest BCUT2D eigenvalue weighted by Crippen LogP contribution is -2.46. The molecule has 2 atom stereocenters. The quantitative estimate of drug-likeness (QED) is 0.182. The maximum Gasteiger partial charge on any atom is 0.407 e. The van der Waals surface area contributed by atoms with E-state index in [9.17, 15) is 18.0 Å². The minimum atomic E-state index is -3.58. The lowest BCUT2D eigenvalue weighted by molar-refractivity contribution is 0.0482. The summed E-state index contributed by atoms with van der Waals surface area (Å²) >= 11 is 0. The van der Waals surface area contributed by atoms with Crippen LogP contribution in [0.3, 0.4) is 0 Å². The first-order chi connectivity index (χ1) is 20.7. The van der Waals surface area contributed by atoms with Crippen LogP contribution < -0.4 is 21.7 Å². The number of aryl methyl sites for hydroxylation is 2. The van der Waals surface area contributed by atoms with Gasteiger partial charge in [0.15, 0.2) is 0 Å². The lowest BCUT2D eigenvalue weighted by atomic mass is 10.0. The van der Waals surface area contributed by atoms with Gasteiger partial charge in [-0.2, -0.15) is 8.42 Å². The highest BCUT2D eigenvalue weighted by molar-refractivity contribution is 7.85. The molecule has 0 spiro atoms. The van der Waals surface area contributed by atoms with E-state index in [1.54, 1.807) is 20.8 Å². The van der Waals surface area contributed by atoms with Crippen molar-refractivity contribution in [3.8, 4) is 0 Å². The van der Waals surface area contributed by atoms with Crippen LogP contribution in [0.5, 0.6) is 0 Å². The second kappa shape index (κ2) is 18.7. The number of ether oxygens (including phenoxy) is 2. The first kappa shape index (κ1) is 39.8. The van der Waals surface area contributed by atoms with Gasteiger partial charge in [0.1, 0.15) is 11.2 Å². The predicted octanol–water partition coefficient (Wildman–Crippen LogP) is 4.39. The maximum atomic E-state index is 12.0. The largest absolute Gasteiger partial charge is 0.444 e. The van der Waals surface area contributed by atoms with Crippen LogP contribution in [0.2, 0.25) is 0 Å². The third-order valence-corrected chi connectivity index (χ3v) is 6.41. The van der Waals surface area contributed by atoms with Crippen molar-refractivity contribution in [2.45, 2.75) is 91.5 Å². The molecular weight excluding hydrogens is 596 g/mol. The summed E-state index contributed by atoms with van der Waals surface area (Å²) in [5.41, 5.74) is 8.86. The van der Waals surface area contributed by atoms with Gasteiger partial charge in [0.05, 0.1) is 18.9 Å². The molecule has 0 aromatic heterocycles. The number of carbonyl (C=O) groups excluding carboxylic acids is 2. The van der Waals surface area contributed by atoms with Crippen LogP contribution in [-0.4, -0.2) is 76.4 Å². The molecule has 0 heterocycles. The number of alkyl carbamates (subject to hydrolysis) is 2. The first-order valence-corrected chi connectivity index (χ1v) is 16.9. The topological polar surface area (TPSA) is 158 Å². The molecule has 2 aromatic rings. The third kappa shape index (κ3) is 21.2. The van der Waals surface area contributed by atoms with Crippen LogP contribution in [-0.2, 0) is 36.6 Å². The van der Waals surface area contributed by atoms with E-state index in [0.29, 0.717) is 19.5 Å². The van der Waals surface area contributed by atoms with Crippen LogP contribution in [0.1, 0.15) is 63.8 Å². The number of rotatable bonds is 13. The summed E-state index contributed by atoms with van der Waals surface area (Å²) in [6.07, 6.45) is 1.17. The van der Waals surface area contributed by atoms with Gasteiger partial charge in [0.2, 0.25) is 0 Å². The summed E-state index contributed by atoms with van der Waals surface area (Å²) in [5, 5.41) is 8.83. The summed E-state index contributed by atoms with van der Waals surface area (Å²) in [5.74, 6) is 0. The number of nitrogens with two attached hydrogens (primary N) is 1. The third-order valence-electron chi connectivity index (χ3n) is 5.84. The molecule has 2 rings (SSSR count). The van der Waals surface area contributed by atoms with Crippen molar-refractivity contribution in [1.29, 1.82) is 0 Å². The van der Waals surface area contributed by atoms with Crippen LogP contribution in [0, 0.1) is 13.8 Å². The zero-order chi connectivity index (χ0) is 34.3. The SMILES string of the molecule is Cc1ccc(C[C@@H](CNCCN)NC(=O)OC(C)(C)C)cc1.Cc1ccc(C[C@@H](COS(C)(=O)=O)NC(=O)OC(C)(C)C)cc1. The highest BCUT2D eigenvalue weighted by Gasteiger charge is 2.22. The Morgan fingerprint density at radius 3 is 1.53 bits per heavy atom. The summed E-state index contributed by atoms with van der Waals surface area (Å²) in [6.45, 7) is 16.7. The molecule has 11 nitrogen and oxygen atoms in total. The predicted molar refractivity (Wildman–Crippen MR) is 179 cm³/mol. The van der Waals surface area contributed by atoms with Crippen molar-refractivity contribution < 1.29 is 31.7 Å². The highest BCUT2D eigenvalue weighted by atomic mass is 32.2. The molecule has 0 aliphatic carbocycles. The number of nitrogens with one attached hydrogen (secondary N) is 3. The average Bonchev–Trinajstić information content (AvgIpc) is 2.88. The molecule has 0 fully saturated rings. The molecule has 2 amide bonds. The molecule has 5 N–H and O–H groups in total. The van der Waals surface area contributed by atoms with E-state index in [0.717, 1.165) is 30.3 Å². The number of hydrogen-bond donors (Lipinski definition) is 4. The van der Waals surface area contributed by atoms with E-state index >= 15 is 0 Å². The van der Waals surface area contributed by atoms with Crippen molar-refractivity contribution in [1.82, 2.24) is 16.0 Å². The van der Waals surface area contributed by atoms with Crippen LogP contribution >= 0.6 is 0 Å². The average molecular weight is 651 g/mol. The molecule has 12 heteroatoms. The molecule has 45 heavy (non-hydrogen) atoms. The van der Waals surface area contributed by atoms with E-state index in [4.69, 9.17) is 19.4 Å². The molecule has 0 saturated heterocycles. The molecule has 254 valence electrons. The fourth-order valence-electron chi connectivity index (χ4n) is 3.88. The highest BCUT2D eigenvalue weighted by Crippen LogP contribution is 2.11. The minimum Gasteiger partial charge on any atom is -0.444 e. The first-order valence-electron chi connectivity index (χ1n) is 15.1. The minimum absolute atomic E-state index is 0.0379. The van der Waals surface area contributed by atoms with Gasteiger partial charge < -0.3 is 31.2 Å². The van der Waals surface area contributed by atoms with Gasteiger partial charge in [-0.05, 0) is 79.4 Å². The van der Waals surface area contributed by atoms with Crippen LogP contribution in [0.4, 0.5) is 9.59 Å². The number of amides is 2. The molecule has 0 aliphatic rings. The monoisotopic (exact) mass is 650 g/mol. The number of hydrogen-bond acceptors (Lipinski definition) is 9. The van der Waals surface area contributed by atoms with Gasteiger partial charge in [0, 0.05) is 25.7 Å². The van der Waals surface area contributed by atoms with E-state index < -0.39 is 33.5 Å². The zero-order valence-electron chi connectivity index (χ0n) is 28.4. The Bertz CT molecular complexity index is 1270. The van der Waals surface area contributed by atoms with E-state index in [-0.39, 0.29) is 18.7 Å². The summed E-state index contributed by atoms with van der Waals surface area (Å²) in [6, 6.07) is 15.5. The van der Waals surface area contributed by atoms with Crippen LogP contribution in [0.15, 0.2) is 48.5 Å². The van der Waals surface area contributed by atoms with Crippen molar-refractivity contribution >= 4 is 22.3 Å². The molecular formula is C33H54N4O7S. The molecule has 0 saturated carbocycles. The Morgan fingerprint density at radius 2 is 1.16 bits per heavy atom. The Hall–Kier alpha value is -3.19. The van der Waals surface area contributed by atoms with Crippen molar-refractivity contribution in [2.75, 3.05) is 32.5 Å². The van der Waals surface area contributed by atoms with Gasteiger partial charge in [-0.1, -0.05) is 59.7 Å². The van der Waals surface area contributed by atoms with Gasteiger partial charge in [-0.3, -0.25) is 4.18 Å². The maximum absolute atomic E-state index is 12.0. The Balaban J connectivity index is 0.000000450. The summed E-state index contributed by atoms with van der Waals surface area (Å²) < 4.78 is 37.7. The van der Waals surface area contributed by atoms with Gasteiger partial charge in [-0.15, -0.1) is 0 Å². The van der Waals surface area contributed by atoms with Gasteiger partial charge in [0.25, 0.3) is 10.1 Å². The fourth-order valence-corrected chi connectivity index (χ4v) is 4.29. The molecule has 2 aromatic carbocycles. The van der Waals surface area contributed by atoms with Gasteiger partial charge >= 0.3 is 12.2 Å². The van der Waals surface area contributed by atoms with Gasteiger partial charge in [-0.25, -0.2) is 9.59 Å². The van der Waals surface area contributed by atoms with E-state index in [1.165, 1.54) is 11.1 Å². The Kier molecular flexibility index (Phi) is 16.6. The van der Waals surface area contributed by atoms with Crippen molar-refractivity contribution in [3.05, 3.63) is 70.8 Å². The number of carbonyl (C=O) groups is 2. The fraction of sp³-hybridized carbons (Fsp3) is 0.576. The molecule has 0 aliphatic heterocycles. The van der Waals surface area contributed by atoms with Crippen molar-refractivity contribution in [2.24, 2.45) is 5.73 Å². The van der Waals surface area contributed by atoms with E-state index in [1.807, 2.05) is 52.0 Å². The Labute approximate surface area is 270 Å². The summed E-state index contributed by atoms with van der Waals surface area (Å²) in [7, 11) is -3.58. The summed E-state index contributed by atoms with van der Waals surface area (Å²) in [4.78, 5) is 23.9. The zero-order valence-corrected chi connectivity index (χ0v) is 29.2. The molecule has 0 unspecified atom stereocenters. The normalized spacial score (nSPS) is 13.1. The molecule has 0 radical (unpaired) electrons. The standard InChI is InChI=1S/C17H29N3O2.C16H25NO5S/c1-13-5-7-14(8-6-13)11-15(12-19-10-9-18)20-16(21)22-17(2,3)4;1-12-6-8-13(9-7-12)10-14(11-21-23(5,19)20)17-15(18)22-16(2,3)4/h5-8,15,19H,9-12,18H2,1-4H3,(H,20,21);6-9,14H,10-11H2,1-5H3,(H,17,18)/t15-;14-/m00/s1.